The van der Waals surface area contributed by atoms with Crippen LogP contribution in [0.2, 0.25) is 0 Å². The zero-order valence-corrected chi connectivity index (χ0v) is 14.5. The van der Waals surface area contributed by atoms with Gasteiger partial charge in [0.1, 0.15) is 12.3 Å². The van der Waals surface area contributed by atoms with Crippen molar-refractivity contribution >= 4 is 17.2 Å². The summed E-state index contributed by atoms with van der Waals surface area (Å²) < 4.78 is 10.7. The molecule has 3 heterocycles. The number of likely N-dealkylation sites (tertiary alicyclic amines) is 1. The quantitative estimate of drug-likeness (QED) is 0.705. The van der Waals surface area contributed by atoms with E-state index >= 15 is 0 Å². The molecule has 0 aliphatic carbocycles. The van der Waals surface area contributed by atoms with Gasteiger partial charge in [-0.3, -0.25) is 4.79 Å². The van der Waals surface area contributed by atoms with E-state index in [1.54, 1.807) is 11.3 Å². The SMILES string of the molecule is O=C(COCc1cc(-c2cccs2)on1)NCCCN1CCCC1. The molecule has 0 saturated carbocycles. The summed E-state index contributed by atoms with van der Waals surface area (Å²) in [6, 6.07) is 5.79. The fraction of sp³-hybridized carbons (Fsp3) is 0.529. The Kier molecular flexibility index (Phi) is 6.40. The smallest absolute Gasteiger partial charge is 0.246 e. The van der Waals surface area contributed by atoms with Crippen LogP contribution in [0, 0.1) is 0 Å². The molecule has 1 aliphatic heterocycles. The van der Waals surface area contributed by atoms with Crippen molar-refractivity contribution in [3.8, 4) is 10.6 Å². The highest BCUT2D eigenvalue weighted by Gasteiger charge is 2.11. The van der Waals surface area contributed by atoms with Crippen molar-refractivity contribution in [1.82, 2.24) is 15.4 Å². The van der Waals surface area contributed by atoms with E-state index in [9.17, 15) is 4.79 Å². The molecule has 3 rings (SSSR count). The number of aromatic nitrogens is 1. The summed E-state index contributed by atoms with van der Waals surface area (Å²) in [6.45, 7) is 4.47. The number of thiophene rings is 1. The van der Waals surface area contributed by atoms with E-state index in [1.807, 2.05) is 23.6 Å². The van der Waals surface area contributed by atoms with E-state index in [4.69, 9.17) is 9.26 Å². The number of hydrogen-bond donors (Lipinski definition) is 1. The fourth-order valence-corrected chi connectivity index (χ4v) is 3.42. The second-order valence-electron chi connectivity index (χ2n) is 5.90. The van der Waals surface area contributed by atoms with Crippen LogP contribution in [0.5, 0.6) is 0 Å². The Morgan fingerprint density at radius 2 is 2.29 bits per heavy atom. The van der Waals surface area contributed by atoms with Gasteiger partial charge >= 0.3 is 0 Å². The highest BCUT2D eigenvalue weighted by atomic mass is 32.1. The number of amides is 1. The minimum absolute atomic E-state index is 0.0465. The van der Waals surface area contributed by atoms with Crippen LogP contribution in [-0.2, 0) is 16.1 Å². The minimum atomic E-state index is -0.0848. The first-order chi connectivity index (χ1) is 11.8. The Bertz CT molecular complexity index is 621. The predicted octanol–water partition coefficient (Wildman–Crippen LogP) is 2.52. The van der Waals surface area contributed by atoms with Crippen molar-refractivity contribution in [2.75, 3.05) is 32.8 Å². The standard InChI is InChI=1S/C17H23N3O3S/c21-17(18-6-4-9-20-7-1-2-8-20)13-22-12-14-11-15(23-19-14)16-5-3-10-24-16/h3,5,10-11H,1-2,4,6-9,12-13H2,(H,18,21). The molecule has 7 heteroatoms. The Morgan fingerprint density at radius 3 is 3.08 bits per heavy atom. The van der Waals surface area contributed by atoms with Crippen LogP contribution >= 0.6 is 11.3 Å². The maximum Gasteiger partial charge on any atom is 0.246 e. The van der Waals surface area contributed by atoms with Crippen LogP contribution in [0.25, 0.3) is 10.6 Å². The molecule has 0 radical (unpaired) electrons. The van der Waals surface area contributed by atoms with E-state index in [-0.39, 0.29) is 19.1 Å². The van der Waals surface area contributed by atoms with Crippen LogP contribution in [0.1, 0.15) is 25.0 Å². The van der Waals surface area contributed by atoms with E-state index in [0.29, 0.717) is 12.2 Å². The Hall–Kier alpha value is -1.70. The monoisotopic (exact) mass is 349 g/mol. The average molecular weight is 349 g/mol. The molecule has 1 N–H and O–H groups in total. The molecule has 0 bridgehead atoms. The molecule has 0 spiro atoms. The van der Waals surface area contributed by atoms with Gasteiger partial charge in [0.2, 0.25) is 5.91 Å². The molecule has 0 unspecified atom stereocenters. The fourth-order valence-electron chi connectivity index (χ4n) is 2.75. The molecule has 6 nitrogen and oxygen atoms in total. The van der Waals surface area contributed by atoms with Gasteiger partial charge in [-0.15, -0.1) is 11.3 Å². The molecule has 1 amide bonds. The van der Waals surface area contributed by atoms with E-state index in [1.165, 1.54) is 25.9 Å². The minimum Gasteiger partial charge on any atom is -0.365 e. The number of hydrogen-bond acceptors (Lipinski definition) is 6. The van der Waals surface area contributed by atoms with Crippen LogP contribution < -0.4 is 5.32 Å². The van der Waals surface area contributed by atoms with Gasteiger partial charge in [0, 0.05) is 12.6 Å². The van der Waals surface area contributed by atoms with Crippen LogP contribution in [0.3, 0.4) is 0 Å². The third kappa shape index (κ3) is 5.15. The first-order valence-corrected chi connectivity index (χ1v) is 9.25. The molecule has 2 aromatic heterocycles. The summed E-state index contributed by atoms with van der Waals surface area (Å²) in [5.41, 5.74) is 0.695. The van der Waals surface area contributed by atoms with Crippen molar-refractivity contribution in [1.29, 1.82) is 0 Å². The van der Waals surface area contributed by atoms with Gasteiger partial charge in [-0.25, -0.2) is 0 Å². The number of carbonyl (C=O) groups excluding carboxylic acids is 1. The van der Waals surface area contributed by atoms with E-state index in [0.717, 1.165) is 23.6 Å². The second kappa shape index (κ2) is 8.96. The maximum atomic E-state index is 11.7. The molecule has 130 valence electrons. The van der Waals surface area contributed by atoms with Gasteiger partial charge in [0.05, 0.1) is 11.5 Å². The first-order valence-electron chi connectivity index (χ1n) is 8.37. The Morgan fingerprint density at radius 1 is 1.42 bits per heavy atom. The molecule has 0 aromatic carbocycles. The van der Waals surface area contributed by atoms with Gasteiger partial charge < -0.3 is 19.5 Å². The lowest BCUT2D eigenvalue weighted by Crippen LogP contribution is -2.31. The van der Waals surface area contributed by atoms with Crippen LogP contribution in [0.15, 0.2) is 28.1 Å². The number of nitrogens with one attached hydrogen (secondary N) is 1. The largest absolute Gasteiger partial charge is 0.365 e. The molecule has 2 aromatic rings. The lowest BCUT2D eigenvalue weighted by molar-refractivity contribution is -0.126. The lowest BCUT2D eigenvalue weighted by Gasteiger charge is -2.14. The predicted molar refractivity (Wildman–Crippen MR) is 92.8 cm³/mol. The molecule has 24 heavy (non-hydrogen) atoms. The van der Waals surface area contributed by atoms with Gasteiger partial charge in [-0.2, -0.15) is 0 Å². The molecule has 1 fully saturated rings. The van der Waals surface area contributed by atoms with Crippen molar-refractivity contribution in [3.63, 3.8) is 0 Å². The second-order valence-corrected chi connectivity index (χ2v) is 6.85. The maximum absolute atomic E-state index is 11.7. The molecular weight excluding hydrogens is 326 g/mol. The zero-order valence-electron chi connectivity index (χ0n) is 13.7. The van der Waals surface area contributed by atoms with Gasteiger partial charge in [-0.1, -0.05) is 11.2 Å². The summed E-state index contributed by atoms with van der Waals surface area (Å²) in [4.78, 5) is 15.2. The normalized spacial score (nSPS) is 15.0. The highest BCUT2D eigenvalue weighted by Crippen LogP contribution is 2.25. The summed E-state index contributed by atoms with van der Waals surface area (Å²) in [7, 11) is 0. The summed E-state index contributed by atoms with van der Waals surface area (Å²) in [6.07, 6.45) is 3.59. The third-order valence-corrected chi connectivity index (χ3v) is 4.86. The third-order valence-electron chi connectivity index (χ3n) is 3.98. The van der Waals surface area contributed by atoms with E-state index in [2.05, 4.69) is 15.4 Å². The van der Waals surface area contributed by atoms with Crippen molar-refractivity contribution < 1.29 is 14.1 Å². The summed E-state index contributed by atoms with van der Waals surface area (Å²) in [5, 5.41) is 8.83. The Balaban J connectivity index is 1.28. The van der Waals surface area contributed by atoms with Crippen molar-refractivity contribution in [2.45, 2.75) is 25.9 Å². The highest BCUT2D eigenvalue weighted by molar-refractivity contribution is 7.13. The van der Waals surface area contributed by atoms with E-state index < -0.39 is 0 Å². The zero-order chi connectivity index (χ0) is 16.6. The average Bonchev–Trinajstić information content (AvgIpc) is 3.32. The number of rotatable bonds is 9. The van der Waals surface area contributed by atoms with Crippen LogP contribution in [0.4, 0.5) is 0 Å². The molecule has 1 saturated heterocycles. The number of ether oxygens (including phenoxy) is 1. The summed E-state index contributed by atoms with van der Waals surface area (Å²) >= 11 is 1.60. The molecular formula is C17H23N3O3S. The van der Waals surface area contributed by atoms with Crippen LogP contribution in [-0.4, -0.2) is 48.7 Å². The molecule has 1 aliphatic rings. The topological polar surface area (TPSA) is 67.6 Å². The number of carbonyl (C=O) groups is 1. The lowest BCUT2D eigenvalue weighted by atomic mass is 10.3. The van der Waals surface area contributed by atoms with Gasteiger partial charge in [-0.05, 0) is 50.3 Å². The van der Waals surface area contributed by atoms with Crippen molar-refractivity contribution in [2.24, 2.45) is 0 Å². The molecule has 0 atom stereocenters. The van der Waals surface area contributed by atoms with Gasteiger partial charge in [0.25, 0.3) is 0 Å². The number of nitrogens with zero attached hydrogens (tertiary/aromatic N) is 2. The van der Waals surface area contributed by atoms with Crippen molar-refractivity contribution in [3.05, 3.63) is 29.3 Å². The van der Waals surface area contributed by atoms with Gasteiger partial charge in [0.15, 0.2) is 5.76 Å². The summed E-state index contributed by atoms with van der Waals surface area (Å²) in [5.74, 6) is 0.647. The first kappa shape index (κ1) is 17.1. The Labute approximate surface area is 145 Å².